The van der Waals surface area contributed by atoms with Crippen molar-refractivity contribution in [2.75, 3.05) is 0 Å². The van der Waals surface area contributed by atoms with E-state index in [1.54, 1.807) is 35.3 Å². The highest BCUT2D eigenvalue weighted by atomic mass is 19.1. The third-order valence-electron chi connectivity index (χ3n) is 2.53. The molecular weight excluding hydrogens is 233 g/mol. The smallest absolute Gasteiger partial charge is 0.157 e. The van der Waals surface area contributed by atoms with E-state index in [9.17, 15) is 4.39 Å². The molecule has 0 amide bonds. The minimum Gasteiger partial charge on any atom is -0.486 e. The zero-order valence-electron chi connectivity index (χ0n) is 9.93. The Morgan fingerprint density at radius 1 is 1.50 bits per heavy atom. The van der Waals surface area contributed by atoms with Crippen molar-refractivity contribution in [1.29, 1.82) is 5.26 Å². The van der Waals surface area contributed by atoms with Gasteiger partial charge in [0.25, 0.3) is 0 Å². The number of aryl methyl sites for hydroxylation is 1. The van der Waals surface area contributed by atoms with Crippen LogP contribution in [0.2, 0.25) is 0 Å². The van der Waals surface area contributed by atoms with Gasteiger partial charge in [-0.1, -0.05) is 12.1 Å². The van der Waals surface area contributed by atoms with Gasteiger partial charge in [-0.05, 0) is 13.0 Å². The van der Waals surface area contributed by atoms with E-state index < -0.39 is 5.82 Å². The van der Waals surface area contributed by atoms with Crippen LogP contribution in [0.25, 0.3) is 0 Å². The van der Waals surface area contributed by atoms with Crippen LogP contribution >= 0.6 is 0 Å². The maximum atomic E-state index is 13.7. The number of aromatic nitrogens is 2. The third-order valence-corrected chi connectivity index (χ3v) is 2.53. The predicted octanol–water partition coefficient (Wildman–Crippen LogP) is 2.49. The Labute approximate surface area is 104 Å². The number of rotatable bonds is 4. The molecule has 0 saturated carbocycles. The van der Waals surface area contributed by atoms with Crippen molar-refractivity contribution in [1.82, 2.24) is 9.78 Å². The number of ether oxygens (including phenoxy) is 1. The van der Waals surface area contributed by atoms with Crippen LogP contribution in [0.3, 0.4) is 0 Å². The predicted molar refractivity (Wildman–Crippen MR) is 63.3 cm³/mol. The van der Waals surface area contributed by atoms with Gasteiger partial charge in [0, 0.05) is 12.1 Å². The zero-order valence-corrected chi connectivity index (χ0v) is 9.93. The first-order valence-corrected chi connectivity index (χ1v) is 5.57. The van der Waals surface area contributed by atoms with Crippen molar-refractivity contribution in [3.8, 4) is 11.8 Å². The summed E-state index contributed by atoms with van der Waals surface area (Å²) in [5.74, 6) is 0.0569. The largest absolute Gasteiger partial charge is 0.486 e. The van der Waals surface area contributed by atoms with Crippen molar-refractivity contribution in [2.24, 2.45) is 0 Å². The van der Waals surface area contributed by atoms with Gasteiger partial charge in [0.1, 0.15) is 18.5 Å². The van der Waals surface area contributed by atoms with Crippen molar-refractivity contribution in [3.05, 3.63) is 47.5 Å². The first-order valence-electron chi connectivity index (χ1n) is 5.57. The highest BCUT2D eigenvalue weighted by Gasteiger charge is 2.08. The molecule has 0 saturated heterocycles. The summed E-state index contributed by atoms with van der Waals surface area (Å²) in [6.07, 6.45) is 3.32. The fraction of sp³-hybridized carbons (Fsp3) is 0.231. The van der Waals surface area contributed by atoms with Gasteiger partial charge in [0.2, 0.25) is 0 Å². The molecule has 0 bridgehead atoms. The van der Waals surface area contributed by atoms with Crippen LogP contribution in [0.15, 0.2) is 30.6 Å². The summed E-state index contributed by atoms with van der Waals surface area (Å²) >= 11 is 0. The standard InChI is InChI=1S/C13H12FN3O/c1-2-17-8-12(7-16-17)18-9-11-5-3-4-10(6-15)13(11)14/h3-5,7-8H,2,9H2,1H3. The molecule has 0 aliphatic heterocycles. The van der Waals surface area contributed by atoms with Crippen molar-refractivity contribution in [2.45, 2.75) is 20.1 Å². The average Bonchev–Trinajstić information content (AvgIpc) is 2.85. The Morgan fingerprint density at radius 2 is 2.33 bits per heavy atom. The van der Waals surface area contributed by atoms with E-state index in [4.69, 9.17) is 10.00 Å². The lowest BCUT2D eigenvalue weighted by molar-refractivity contribution is 0.299. The number of hydrogen-bond donors (Lipinski definition) is 0. The number of halogens is 1. The quantitative estimate of drug-likeness (QED) is 0.831. The number of hydrogen-bond acceptors (Lipinski definition) is 3. The SMILES string of the molecule is CCn1cc(OCc2cccc(C#N)c2F)cn1. The van der Waals surface area contributed by atoms with Crippen LogP contribution in [0, 0.1) is 17.1 Å². The molecule has 2 aromatic rings. The maximum absolute atomic E-state index is 13.7. The topological polar surface area (TPSA) is 50.8 Å². The molecule has 0 radical (unpaired) electrons. The second kappa shape index (κ2) is 5.32. The second-order valence-corrected chi connectivity index (χ2v) is 3.71. The molecule has 0 atom stereocenters. The Balaban J connectivity index is 2.09. The van der Waals surface area contributed by atoms with Crippen molar-refractivity contribution in [3.63, 3.8) is 0 Å². The molecule has 0 fully saturated rings. The van der Waals surface area contributed by atoms with E-state index in [2.05, 4.69) is 5.10 Å². The van der Waals surface area contributed by atoms with E-state index in [1.807, 2.05) is 6.92 Å². The molecular formula is C13H12FN3O. The molecule has 0 spiro atoms. The lowest BCUT2D eigenvalue weighted by Gasteiger charge is -2.05. The summed E-state index contributed by atoms with van der Waals surface area (Å²) in [4.78, 5) is 0. The van der Waals surface area contributed by atoms with E-state index in [0.29, 0.717) is 11.3 Å². The molecule has 92 valence electrons. The molecule has 1 heterocycles. The lowest BCUT2D eigenvalue weighted by Crippen LogP contribution is -2.00. The first kappa shape index (κ1) is 12.1. The molecule has 0 aliphatic rings. The highest BCUT2D eigenvalue weighted by molar-refractivity contribution is 5.34. The Hall–Kier alpha value is -2.35. The number of benzene rings is 1. The summed E-state index contributed by atoms with van der Waals surface area (Å²) in [6.45, 7) is 2.80. The molecule has 0 N–H and O–H groups in total. The summed E-state index contributed by atoms with van der Waals surface area (Å²) < 4.78 is 20.9. The fourth-order valence-corrected chi connectivity index (χ4v) is 1.53. The third kappa shape index (κ3) is 2.48. The van der Waals surface area contributed by atoms with Crippen molar-refractivity contribution < 1.29 is 9.13 Å². The zero-order chi connectivity index (χ0) is 13.0. The van der Waals surface area contributed by atoms with Crippen molar-refractivity contribution >= 4 is 0 Å². The van der Waals surface area contributed by atoms with E-state index in [0.717, 1.165) is 6.54 Å². The summed E-state index contributed by atoms with van der Waals surface area (Å²) in [5.41, 5.74) is 0.388. The van der Waals surface area contributed by atoms with Gasteiger partial charge in [-0.25, -0.2) is 4.39 Å². The molecule has 0 aliphatic carbocycles. The minimum absolute atomic E-state index is 0.0281. The fourth-order valence-electron chi connectivity index (χ4n) is 1.53. The summed E-state index contributed by atoms with van der Waals surface area (Å²) in [6, 6.07) is 6.47. The molecule has 1 aromatic heterocycles. The first-order chi connectivity index (χ1) is 8.74. The molecule has 1 aromatic carbocycles. The molecule has 2 rings (SSSR count). The van der Waals surface area contributed by atoms with Gasteiger partial charge in [-0.3, -0.25) is 4.68 Å². The Kier molecular flexibility index (Phi) is 3.58. The normalized spacial score (nSPS) is 10.1. The van der Waals surface area contributed by atoms with Crippen LogP contribution in [0.4, 0.5) is 4.39 Å². The summed E-state index contributed by atoms with van der Waals surface area (Å²) in [7, 11) is 0. The van der Waals surface area contributed by atoms with Gasteiger partial charge in [-0.2, -0.15) is 10.4 Å². The van der Waals surface area contributed by atoms with Gasteiger partial charge >= 0.3 is 0 Å². The van der Waals surface area contributed by atoms with Crippen LogP contribution in [-0.2, 0) is 13.2 Å². The van der Waals surface area contributed by atoms with E-state index in [1.165, 1.54) is 6.07 Å². The van der Waals surface area contributed by atoms with Gasteiger partial charge in [0.15, 0.2) is 5.75 Å². The molecule has 5 heteroatoms. The average molecular weight is 245 g/mol. The van der Waals surface area contributed by atoms with Crippen LogP contribution in [0.5, 0.6) is 5.75 Å². The molecule has 0 unspecified atom stereocenters. The number of nitrogens with zero attached hydrogens (tertiary/aromatic N) is 3. The van der Waals surface area contributed by atoms with Gasteiger partial charge < -0.3 is 4.74 Å². The Morgan fingerprint density at radius 3 is 3.00 bits per heavy atom. The number of nitriles is 1. The summed E-state index contributed by atoms with van der Waals surface area (Å²) in [5, 5.41) is 12.8. The van der Waals surface area contributed by atoms with Crippen LogP contribution < -0.4 is 4.74 Å². The highest BCUT2D eigenvalue weighted by Crippen LogP contribution is 2.16. The second-order valence-electron chi connectivity index (χ2n) is 3.71. The van der Waals surface area contributed by atoms with E-state index >= 15 is 0 Å². The maximum Gasteiger partial charge on any atom is 0.157 e. The van der Waals surface area contributed by atoms with Crippen LogP contribution in [-0.4, -0.2) is 9.78 Å². The van der Waals surface area contributed by atoms with E-state index in [-0.39, 0.29) is 12.2 Å². The minimum atomic E-state index is -0.525. The molecule has 4 nitrogen and oxygen atoms in total. The molecule has 18 heavy (non-hydrogen) atoms. The Bertz CT molecular complexity index is 586. The van der Waals surface area contributed by atoms with Gasteiger partial charge in [-0.15, -0.1) is 0 Å². The lowest BCUT2D eigenvalue weighted by atomic mass is 10.1. The monoisotopic (exact) mass is 245 g/mol. The van der Waals surface area contributed by atoms with Crippen LogP contribution in [0.1, 0.15) is 18.1 Å². The van der Waals surface area contributed by atoms with Gasteiger partial charge in [0.05, 0.1) is 18.0 Å².